The van der Waals surface area contributed by atoms with Crippen LogP contribution in [0.3, 0.4) is 0 Å². The van der Waals surface area contributed by atoms with Gasteiger partial charge in [-0.15, -0.1) is 11.3 Å². The Morgan fingerprint density at radius 1 is 1.17 bits per heavy atom. The Hall–Kier alpha value is -3.80. The zero-order valence-electron chi connectivity index (χ0n) is 19.9. The predicted molar refractivity (Wildman–Crippen MR) is 139 cm³/mol. The predicted octanol–water partition coefficient (Wildman–Crippen LogP) is 3.08. The highest BCUT2D eigenvalue weighted by atomic mass is 32.1. The number of ether oxygens (including phenoxy) is 2. The van der Waals surface area contributed by atoms with Crippen molar-refractivity contribution in [3.05, 3.63) is 66.2 Å². The zero-order chi connectivity index (χ0) is 24.7. The van der Waals surface area contributed by atoms with E-state index in [0.29, 0.717) is 29.7 Å². The molecule has 11 heteroatoms. The largest absolute Gasteiger partial charge is 0.491 e. The van der Waals surface area contributed by atoms with Crippen LogP contribution in [0.5, 0.6) is 5.75 Å². The number of amides is 1. The van der Waals surface area contributed by atoms with E-state index in [1.54, 1.807) is 35.8 Å². The maximum Gasteiger partial charge on any atom is 0.275 e. The number of carbonyl (C=O) groups excluding carboxylic acids is 1. The fraction of sp³-hybridized carbons (Fsp3) is 0.280. The molecule has 1 aliphatic heterocycles. The standard InChI is InChI=1S/C25H27N7O3S/c1-34-11-12-35-20-4-2-3-18(13-20)19-14-28-32(16-19)25-30-22(17-36-25)24(33)29-21-15-27-6-5-23(21)31-9-7-26-8-10-31/h2-6,13-17,26H,7-12H2,1H3,(H,29,33). The first-order valence-corrected chi connectivity index (χ1v) is 12.5. The summed E-state index contributed by atoms with van der Waals surface area (Å²) in [4.78, 5) is 23.9. The van der Waals surface area contributed by atoms with Gasteiger partial charge in [0.25, 0.3) is 5.91 Å². The molecule has 0 atom stereocenters. The molecule has 10 nitrogen and oxygen atoms in total. The van der Waals surface area contributed by atoms with Crippen LogP contribution in [-0.4, -0.2) is 72.2 Å². The molecule has 1 aromatic carbocycles. The van der Waals surface area contributed by atoms with E-state index in [2.05, 4.69) is 30.6 Å². The molecule has 0 aliphatic carbocycles. The smallest absolute Gasteiger partial charge is 0.275 e. The van der Waals surface area contributed by atoms with Gasteiger partial charge in [0.15, 0.2) is 0 Å². The summed E-state index contributed by atoms with van der Waals surface area (Å²) in [5, 5.41) is 13.1. The summed E-state index contributed by atoms with van der Waals surface area (Å²) in [5.74, 6) is 0.483. The van der Waals surface area contributed by atoms with Gasteiger partial charge in [-0.2, -0.15) is 5.10 Å². The first-order chi connectivity index (χ1) is 17.7. The number of hydrogen-bond donors (Lipinski definition) is 2. The minimum atomic E-state index is -0.282. The average molecular weight is 506 g/mol. The summed E-state index contributed by atoms with van der Waals surface area (Å²) >= 11 is 1.35. The van der Waals surface area contributed by atoms with Crippen molar-refractivity contribution in [1.82, 2.24) is 25.1 Å². The van der Waals surface area contributed by atoms with E-state index in [1.165, 1.54) is 11.3 Å². The number of hydrogen-bond acceptors (Lipinski definition) is 9. The maximum atomic E-state index is 13.0. The van der Waals surface area contributed by atoms with E-state index < -0.39 is 0 Å². The number of nitrogens with zero attached hydrogens (tertiary/aromatic N) is 5. The molecule has 5 rings (SSSR count). The number of piperazine rings is 1. The van der Waals surface area contributed by atoms with Gasteiger partial charge in [-0.05, 0) is 23.8 Å². The van der Waals surface area contributed by atoms with Crippen molar-refractivity contribution in [3.8, 4) is 22.0 Å². The summed E-state index contributed by atoms with van der Waals surface area (Å²) in [6, 6.07) is 9.73. The van der Waals surface area contributed by atoms with Crippen LogP contribution >= 0.6 is 11.3 Å². The lowest BCUT2D eigenvalue weighted by atomic mass is 10.1. The Balaban J connectivity index is 1.28. The number of anilines is 2. The Labute approximate surface area is 212 Å². The Bertz CT molecular complexity index is 1320. The third-order valence-corrected chi connectivity index (χ3v) is 6.56. The van der Waals surface area contributed by atoms with Crippen LogP contribution in [0.2, 0.25) is 0 Å². The molecule has 1 saturated heterocycles. The van der Waals surface area contributed by atoms with E-state index in [9.17, 15) is 4.79 Å². The number of carbonyl (C=O) groups is 1. The summed E-state index contributed by atoms with van der Waals surface area (Å²) in [7, 11) is 1.64. The van der Waals surface area contributed by atoms with Gasteiger partial charge in [-0.25, -0.2) is 9.67 Å². The monoisotopic (exact) mass is 505 g/mol. The van der Waals surface area contributed by atoms with Crippen LogP contribution in [0, 0.1) is 0 Å². The van der Waals surface area contributed by atoms with E-state index in [0.717, 1.165) is 48.7 Å². The molecule has 36 heavy (non-hydrogen) atoms. The highest BCUT2D eigenvalue weighted by molar-refractivity contribution is 7.12. The fourth-order valence-electron chi connectivity index (χ4n) is 3.91. The second-order valence-corrected chi connectivity index (χ2v) is 8.98. The van der Waals surface area contributed by atoms with Crippen molar-refractivity contribution in [2.45, 2.75) is 0 Å². The molecule has 0 spiro atoms. The molecule has 1 aliphatic rings. The van der Waals surface area contributed by atoms with Crippen molar-refractivity contribution < 1.29 is 14.3 Å². The van der Waals surface area contributed by atoms with Crippen molar-refractivity contribution >= 4 is 28.6 Å². The third kappa shape index (κ3) is 5.54. The number of nitrogens with one attached hydrogen (secondary N) is 2. The number of aromatic nitrogens is 4. The van der Waals surface area contributed by atoms with E-state index in [-0.39, 0.29) is 5.91 Å². The first-order valence-electron chi connectivity index (χ1n) is 11.6. The summed E-state index contributed by atoms with van der Waals surface area (Å²) < 4.78 is 12.4. The quantitative estimate of drug-likeness (QED) is 0.334. The molecule has 0 bridgehead atoms. The second kappa shape index (κ2) is 11.3. The zero-order valence-corrected chi connectivity index (χ0v) is 20.7. The van der Waals surface area contributed by atoms with Gasteiger partial charge in [0, 0.05) is 56.6 Å². The van der Waals surface area contributed by atoms with E-state index in [1.807, 2.05) is 36.5 Å². The van der Waals surface area contributed by atoms with Gasteiger partial charge in [-0.3, -0.25) is 9.78 Å². The van der Waals surface area contributed by atoms with Gasteiger partial charge in [0.2, 0.25) is 5.13 Å². The van der Waals surface area contributed by atoms with Gasteiger partial charge in [0.05, 0.1) is 30.4 Å². The molecule has 4 heterocycles. The lowest BCUT2D eigenvalue weighted by Gasteiger charge is -2.30. The molecule has 4 aromatic rings. The number of methoxy groups -OCH3 is 1. The van der Waals surface area contributed by atoms with Crippen molar-refractivity contribution in [2.24, 2.45) is 0 Å². The highest BCUT2D eigenvalue weighted by Crippen LogP contribution is 2.27. The van der Waals surface area contributed by atoms with Gasteiger partial charge < -0.3 is 25.0 Å². The van der Waals surface area contributed by atoms with E-state index >= 15 is 0 Å². The molecule has 1 amide bonds. The molecular formula is C25H27N7O3S. The number of pyridine rings is 1. The van der Waals surface area contributed by atoms with Crippen LogP contribution in [0.25, 0.3) is 16.3 Å². The molecule has 1 fully saturated rings. The number of benzene rings is 1. The van der Waals surface area contributed by atoms with Crippen LogP contribution < -0.4 is 20.3 Å². The average Bonchev–Trinajstić information content (AvgIpc) is 3.60. The van der Waals surface area contributed by atoms with Gasteiger partial charge in [0.1, 0.15) is 18.1 Å². The Morgan fingerprint density at radius 2 is 2.06 bits per heavy atom. The lowest BCUT2D eigenvalue weighted by Crippen LogP contribution is -2.43. The normalized spacial score (nSPS) is 13.5. The van der Waals surface area contributed by atoms with Crippen LogP contribution in [0.4, 0.5) is 11.4 Å². The van der Waals surface area contributed by atoms with Crippen molar-refractivity contribution in [2.75, 3.05) is 56.7 Å². The van der Waals surface area contributed by atoms with Crippen molar-refractivity contribution in [1.29, 1.82) is 0 Å². The molecular weight excluding hydrogens is 478 g/mol. The maximum absolute atomic E-state index is 13.0. The molecule has 0 radical (unpaired) electrons. The fourth-order valence-corrected chi connectivity index (χ4v) is 4.65. The number of thiazole rings is 1. The van der Waals surface area contributed by atoms with Crippen LogP contribution in [-0.2, 0) is 4.74 Å². The van der Waals surface area contributed by atoms with Gasteiger partial charge >= 0.3 is 0 Å². The minimum Gasteiger partial charge on any atom is -0.491 e. The summed E-state index contributed by atoms with van der Waals surface area (Å²) in [5.41, 5.74) is 3.86. The Kier molecular flexibility index (Phi) is 7.50. The topological polar surface area (TPSA) is 106 Å². The van der Waals surface area contributed by atoms with Crippen LogP contribution in [0.15, 0.2) is 60.5 Å². The van der Waals surface area contributed by atoms with Crippen molar-refractivity contribution in [3.63, 3.8) is 0 Å². The molecule has 0 unspecified atom stereocenters. The Morgan fingerprint density at radius 3 is 2.92 bits per heavy atom. The van der Waals surface area contributed by atoms with Gasteiger partial charge in [-0.1, -0.05) is 12.1 Å². The summed E-state index contributed by atoms with van der Waals surface area (Å²) in [6.45, 7) is 4.57. The second-order valence-electron chi connectivity index (χ2n) is 8.14. The lowest BCUT2D eigenvalue weighted by molar-refractivity contribution is 0.102. The highest BCUT2D eigenvalue weighted by Gasteiger charge is 2.18. The van der Waals surface area contributed by atoms with Crippen LogP contribution in [0.1, 0.15) is 10.5 Å². The number of rotatable bonds is 9. The molecule has 3 aromatic heterocycles. The minimum absolute atomic E-state index is 0.282. The molecule has 0 saturated carbocycles. The first kappa shape index (κ1) is 23.9. The molecule has 2 N–H and O–H groups in total. The van der Waals surface area contributed by atoms with E-state index in [4.69, 9.17) is 9.47 Å². The molecule has 186 valence electrons. The SMILES string of the molecule is COCCOc1cccc(-c2cnn(-c3nc(C(=O)Nc4cnccc4N4CCNCC4)cs3)c2)c1. The summed E-state index contributed by atoms with van der Waals surface area (Å²) in [6.07, 6.45) is 7.07. The third-order valence-electron chi connectivity index (χ3n) is 5.73.